The number of aliphatic hydroxyl groups is 3. The number of nitrogens with one attached hydrogen (secondary N) is 3. The fourth-order valence-corrected chi connectivity index (χ4v) is 12.9. The van der Waals surface area contributed by atoms with Gasteiger partial charge in [0.2, 0.25) is 5.54 Å². The lowest BCUT2D eigenvalue weighted by atomic mass is 9.57. The summed E-state index contributed by atoms with van der Waals surface area (Å²) in [6, 6.07) is 0. The molecule has 63 heavy (non-hydrogen) atoms. The van der Waals surface area contributed by atoms with Crippen LogP contribution in [0.4, 0.5) is 0 Å². The summed E-state index contributed by atoms with van der Waals surface area (Å²) in [6.07, 6.45) is -2.57. The summed E-state index contributed by atoms with van der Waals surface area (Å²) in [5.41, 5.74) is -0.448. The lowest BCUT2D eigenvalue weighted by Gasteiger charge is -2.64. The van der Waals surface area contributed by atoms with Crippen molar-refractivity contribution < 1.29 is 96.6 Å². The van der Waals surface area contributed by atoms with Gasteiger partial charge in [-0.05, 0) is 5.92 Å². The number of aliphatic carboxylic acids is 1. The van der Waals surface area contributed by atoms with Crippen molar-refractivity contribution in [3.8, 4) is 0 Å². The van der Waals surface area contributed by atoms with Crippen molar-refractivity contribution in [1.82, 2.24) is 16.0 Å². The second-order valence-corrected chi connectivity index (χ2v) is 30.1. The molecule has 0 saturated carbocycles. The number of amides is 3. The summed E-state index contributed by atoms with van der Waals surface area (Å²) < 4.78 is 50.1. The van der Waals surface area contributed by atoms with Crippen molar-refractivity contribution in [3.63, 3.8) is 0 Å². The molecular formula is C36H64N4O20P3+3. The molecular weight excluding hydrogens is 901 g/mol. The first kappa shape index (κ1) is 54.5. The van der Waals surface area contributed by atoms with Crippen molar-refractivity contribution >= 4 is 63.4 Å². The minimum absolute atomic E-state index is 0.277. The topological polar surface area (TPSA) is 346 Å². The van der Waals surface area contributed by atoms with Gasteiger partial charge < -0.3 is 56.3 Å². The first-order valence-corrected chi connectivity index (χ1v) is 28.4. The van der Waals surface area contributed by atoms with Crippen LogP contribution in [-0.4, -0.2) is 203 Å². The maximum absolute atomic E-state index is 14.3. The van der Waals surface area contributed by atoms with Gasteiger partial charge in [-0.1, -0.05) is 13.8 Å². The van der Waals surface area contributed by atoms with Gasteiger partial charge in [-0.2, -0.15) is 0 Å². The highest BCUT2D eigenvalue weighted by atomic mass is 31.2. The first-order chi connectivity index (χ1) is 28.9. The minimum Gasteiger partial charge on any atom is -0.480 e. The van der Waals surface area contributed by atoms with Crippen LogP contribution < -0.4 is 21.7 Å². The molecule has 3 aliphatic rings. The molecule has 3 fully saturated rings. The molecule has 360 valence electrons. The van der Waals surface area contributed by atoms with Crippen LogP contribution in [0.25, 0.3) is 0 Å². The molecule has 27 heteroatoms. The number of rotatable bonds is 18. The SMILES string of the molecule is COC(=O)CCNC(=O)[C@@H]1OC(O)(C(C(C)C)(C2(O)OC[P+](C)(C)[C@H](C(=O)NCCC(=O)OC)O2)[C@@](N)(C(=O)O)C2(O)OC[P+](C)(C)[C@H](C(=O)NCCC(=O)OC)O2)OC[P+]1(C)C. The summed E-state index contributed by atoms with van der Waals surface area (Å²) in [4.78, 5) is 91.5. The number of hydrogen-bond donors (Lipinski definition) is 8. The van der Waals surface area contributed by atoms with E-state index in [0.717, 1.165) is 21.3 Å². The molecule has 3 amide bonds. The maximum atomic E-state index is 14.3. The Balaban J connectivity index is 2.39. The Kier molecular flexibility index (Phi) is 17.6. The van der Waals surface area contributed by atoms with Gasteiger partial charge in [-0.25, -0.2) is 4.79 Å². The van der Waals surface area contributed by atoms with E-state index in [1.54, 1.807) is 40.0 Å². The minimum atomic E-state index is -3.89. The van der Waals surface area contributed by atoms with Gasteiger partial charge in [0.15, 0.2) is 24.5 Å². The van der Waals surface area contributed by atoms with E-state index in [1.165, 1.54) is 13.8 Å². The second kappa shape index (κ2) is 20.4. The van der Waals surface area contributed by atoms with E-state index in [2.05, 4.69) is 30.2 Å². The lowest BCUT2D eigenvalue weighted by Crippen LogP contribution is -2.89. The zero-order chi connectivity index (χ0) is 48.2. The maximum Gasteiger partial charge on any atom is 0.333 e. The van der Waals surface area contributed by atoms with Gasteiger partial charge in [0.1, 0.15) is 0 Å². The average molecular weight is 966 g/mol. The molecule has 0 aliphatic carbocycles. The van der Waals surface area contributed by atoms with Crippen molar-refractivity contribution in [1.29, 1.82) is 0 Å². The molecule has 3 saturated heterocycles. The Labute approximate surface area is 366 Å². The number of nitrogens with two attached hydrogens (primary N) is 1. The van der Waals surface area contributed by atoms with Gasteiger partial charge in [-0.3, -0.25) is 57.2 Å². The van der Waals surface area contributed by atoms with Crippen LogP contribution >= 0.6 is 21.8 Å². The highest BCUT2D eigenvalue weighted by Gasteiger charge is 2.89. The van der Waals surface area contributed by atoms with E-state index in [9.17, 15) is 54.0 Å². The van der Waals surface area contributed by atoms with Crippen molar-refractivity contribution in [3.05, 3.63) is 0 Å². The van der Waals surface area contributed by atoms with Crippen LogP contribution in [0.2, 0.25) is 0 Å². The number of hydrogen-bond acceptors (Lipinski definition) is 20. The molecule has 9 N–H and O–H groups in total. The van der Waals surface area contributed by atoms with Crippen molar-refractivity contribution in [2.75, 3.05) is 100.0 Å². The van der Waals surface area contributed by atoms with E-state index in [4.69, 9.17) is 34.2 Å². The molecule has 0 aromatic heterocycles. The van der Waals surface area contributed by atoms with Crippen LogP contribution in [0, 0.1) is 11.3 Å². The van der Waals surface area contributed by atoms with Gasteiger partial charge in [0.05, 0.1) is 102 Å². The molecule has 7 atom stereocenters. The summed E-state index contributed by atoms with van der Waals surface area (Å²) >= 11 is 0. The van der Waals surface area contributed by atoms with E-state index >= 15 is 0 Å². The molecule has 0 aromatic carbocycles. The highest BCUT2D eigenvalue weighted by molar-refractivity contribution is 7.76. The van der Waals surface area contributed by atoms with Crippen LogP contribution in [0.15, 0.2) is 0 Å². The average Bonchev–Trinajstić information content (AvgIpc) is 3.20. The Morgan fingerprint density at radius 1 is 0.603 bits per heavy atom. The first-order valence-electron chi connectivity index (χ1n) is 19.6. The number of esters is 3. The molecule has 3 unspecified atom stereocenters. The monoisotopic (exact) mass is 965 g/mol. The third-order valence-corrected chi connectivity index (χ3v) is 18.3. The Hall–Kier alpha value is -2.82. The molecule has 0 bridgehead atoms. The van der Waals surface area contributed by atoms with Crippen molar-refractivity contribution in [2.45, 2.75) is 74.1 Å². The normalized spacial score (nSPS) is 30.6. The Morgan fingerprint density at radius 2 is 0.873 bits per heavy atom. The third-order valence-electron chi connectivity index (χ3n) is 11.1. The highest BCUT2D eigenvalue weighted by Crippen LogP contribution is 2.72. The predicted octanol–water partition coefficient (Wildman–Crippen LogP) is -1.79. The standard InChI is InChI=1S/C36H61N4O20P3/c1-21(2)32(34(49)55-18-61(6,7)28(58-34)25(44)38-15-12-22(41)52-3,35(50)56-19-62(8,9)29(59-35)26(45)39-16-13-23(42)53-4)33(37,31(47)48)36(51)57-20-63(10,11)30(60-36)27(46)40-17-14-24(43)54-5/h21,28-30,49-51H,12-20,37H2,1-11H3,(H-3,38,39,40,44,45,46,47,48)/p+3/t28-,29-,30-,32?,33+,34?,35?,36?/m1/s1. The molecule has 3 aliphatic heterocycles. The third kappa shape index (κ3) is 10.6. The summed E-state index contributed by atoms with van der Waals surface area (Å²) in [6.45, 7) is 11.0. The molecule has 3 heterocycles. The van der Waals surface area contributed by atoms with Crippen LogP contribution in [0.1, 0.15) is 33.1 Å². The number of carbonyl (C=O) groups excluding carboxylic acids is 6. The zero-order valence-corrected chi connectivity index (χ0v) is 40.1. The predicted molar refractivity (Wildman–Crippen MR) is 224 cm³/mol. The fourth-order valence-electron chi connectivity index (χ4n) is 7.55. The summed E-state index contributed by atoms with van der Waals surface area (Å²) in [7, 11) is -5.14. The van der Waals surface area contributed by atoms with Gasteiger partial charge in [-0.15, -0.1) is 0 Å². The van der Waals surface area contributed by atoms with Gasteiger partial charge >= 0.3 is 41.8 Å². The van der Waals surface area contributed by atoms with Crippen molar-refractivity contribution in [2.24, 2.45) is 17.1 Å². The number of ether oxygens (including phenoxy) is 9. The number of methoxy groups -OCH3 is 3. The molecule has 3 rings (SSSR count). The lowest BCUT2D eigenvalue weighted by molar-refractivity contribution is -0.554. The molecule has 0 aromatic rings. The number of carboxylic acid groups (broad SMARTS) is 1. The fraction of sp³-hybridized carbons (Fsp3) is 0.806. The molecule has 24 nitrogen and oxygen atoms in total. The smallest absolute Gasteiger partial charge is 0.333 e. The Morgan fingerprint density at radius 3 is 1.13 bits per heavy atom. The van der Waals surface area contributed by atoms with E-state index < -0.39 is 135 Å². The van der Waals surface area contributed by atoms with Crippen LogP contribution in [0.3, 0.4) is 0 Å². The van der Waals surface area contributed by atoms with Gasteiger partial charge in [0.25, 0.3) is 35.3 Å². The second-order valence-electron chi connectivity index (χ2n) is 17.2. The van der Waals surface area contributed by atoms with Gasteiger partial charge in [0, 0.05) is 19.6 Å². The van der Waals surface area contributed by atoms with Crippen LogP contribution in [0.5, 0.6) is 0 Å². The summed E-state index contributed by atoms with van der Waals surface area (Å²) in [5, 5.41) is 57.9. The number of carbonyl (C=O) groups is 7. The van der Waals surface area contributed by atoms with E-state index in [1.807, 2.05) is 0 Å². The zero-order valence-electron chi connectivity index (χ0n) is 37.4. The summed E-state index contributed by atoms with van der Waals surface area (Å²) in [5.74, 6) is -25.3. The van der Waals surface area contributed by atoms with E-state index in [0.29, 0.717) is 0 Å². The quantitative estimate of drug-likeness (QED) is 0.0427. The van der Waals surface area contributed by atoms with Crippen LogP contribution in [-0.2, 0) is 76.2 Å². The largest absolute Gasteiger partial charge is 0.480 e. The molecule has 0 radical (unpaired) electrons. The number of carboxylic acids is 1. The Bertz CT molecular complexity index is 1690. The molecule has 0 spiro atoms. The van der Waals surface area contributed by atoms with E-state index in [-0.39, 0.29) is 38.9 Å².